The summed E-state index contributed by atoms with van der Waals surface area (Å²) in [5, 5.41) is 6.75. The molecule has 0 unspecified atom stereocenters. The van der Waals surface area contributed by atoms with Gasteiger partial charge in [0.25, 0.3) is 0 Å². The van der Waals surface area contributed by atoms with Gasteiger partial charge in [-0.05, 0) is 19.3 Å². The fraction of sp³-hybridized carbons (Fsp3) is 0.733. The van der Waals surface area contributed by atoms with Gasteiger partial charge in [0.1, 0.15) is 11.6 Å². The molecule has 5 nitrogen and oxygen atoms in total. The van der Waals surface area contributed by atoms with Crippen molar-refractivity contribution >= 4 is 17.6 Å². The third kappa shape index (κ3) is 4.87. The molecule has 5 heteroatoms. The molecular formula is C15H27N5. The Morgan fingerprint density at radius 1 is 1.20 bits per heavy atom. The van der Waals surface area contributed by atoms with E-state index in [4.69, 9.17) is 5.73 Å². The van der Waals surface area contributed by atoms with Crippen LogP contribution in [0.1, 0.15) is 58.3 Å². The van der Waals surface area contributed by atoms with Crippen LogP contribution in [0.4, 0.5) is 17.6 Å². The van der Waals surface area contributed by atoms with Gasteiger partial charge in [-0.15, -0.1) is 0 Å². The van der Waals surface area contributed by atoms with Crippen LogP contribution < -0.4 is 16.4 Å². The van der Waals surface area contributed by atoms with E-state index in [0.717, 1.165) is 18.8 Å². The van der Waals surface area contributed by atoms with Crippen LogP contribution in [0.5, 0.6) is 0 Å². The molecule has 0 bridgehead atoms. The first-order chi connectivity index (χ1) is 9.78. The summed E-state index contributed by atoms with van der Waals surface area (Å²) in [6.07, 6.45) is 9.97. The summed E-state index contributed by atoms with van der Waals surface area (Å²) in [7, 11) is 0. The zero-order valence-corrected chi connectivity index (χ0v) is 12.5. The van der Waals surface area contributed by atoms with Gasteiger partial charge < -0.3 is 16.4 Å². The molecule has 1 aromatic heterocycles. The minimum absolute atomic E-state index is 0.499. The molecule has 2 rings (SSSR count). The molecule has 0 spiro atoms. The van der Waals surface area contributed by atoms with Crippen LogP contribution in [0.3, 0.4) is 0 Å². The van der Waals surface area contributed by atoms with Crippen molar-refractivity contribution in [2.45, 2.75) is 64.3 Å². The Labute approximate surface area is 121 Å². The maximum Gasteiger partial charge on any atom is 0.226 e. The van der Waals surface area contributed by atoms with Crippen LogP contribution in [-0.4, -0.2) is 22.6 Å². The molecule has 1 aliphatic carbocycles. The van der Waals surface area contributed by atoms with E-state index in [0.29, 0.717) is 17.8 Å². The third-order valence-electron chi connectivity index (χ3n) is 3.77. The van der Waals surface area contributed by atoms with E-state index in [1.807, 2.05) is 0 Å². The normalized spacial score (nSPS) is 16.1. The fourth-order valence-corrected chi connectivity index (χ4v) is 2.64. The summed E-state index contributed by atoms with van der Waals surface area (Å²) in [5.74, 6) is 2.01. The first-order valence-corrected chi connectivity index (χ1v) is 7.93. The number of anilines is 3. The molecular weight excluding hydrogens is 250 g/mol. The van der Waals surface area contributed by atoms with Crippen LogP contribution in [0.2, 0.25) is 0 Å². The highest BCUT2D eigenvalue weighted by atomic mass is 15.2. The lowest BCUT2D eigenvalue weighted by Gasteiger charge is -2.23. The predicted octanol–water partition coefficient (Wildman–Crippen LogP) is 3.41. The van der Waals surface area contributed by atoms with Crippen molar-refractivity contribution in [3.8, 4) is 0 Å². The largest absolute Gasteiger partial charge is 0.383 e. The predicted molar refractivity (Wildman–Crippen MR) is 85.0 cm³/mol. The second-order valence-electron chi connectivity index (χ2n) is 5.61. The van der Waals surface area contributed by atoms with Gasteiger partial charge in [0.05, 0.1) is 0 Å². The van der Waals surface area contributed by atoms with Crippen LogP contribution in [-0.2, 0) is 0 Å². The van der Waals surface area contributed by atoms with Crippen LogP contribution in [0.25, 0.3) is 0 Å². The number of rotatable bonds is 7. The lowest BCUT2D eigenvalue weighted by molar-refractivity contribution is 0.461. The minimum atomic E-state index is 0.499. The van der Waals surface area contributed by atoms with Crippen molar-refractivity contribution in [3.05, 3.63) is 6.07 Å². The standard InChI is InChI=1S/C15H27N5/c1-2-3-7-10-17-14-11-13(16)19-15(20-14)18-12-8-5-4-6-9-12/h11-12H,2-10H2,1H3,(H4,16,17,18,19,20). The smallest absolute Gasteiger partial charge is 0.226 e. The zero-order valence-electron chi connectivity index (χ0n) is 12.5. The second-order valence-corrected chi connectivity index (χ2v) is 5.61. The van der Waals surface area contributed by atoms with Crippen molar-refractivity contribution in [1.29, 1.82) is 0 Å². The van der Waals surface area contributed by atoms with Crippen molar-refractivity contribution < 1.29 is 0 Å². The highest BCUT2D eigenvalue weighted by Crippen LogP contribution is 2.21. The van der Waals surface area contributed by atoms with Gasteiger partial charge in [0, 0.05) is 18.7 Å². The number of nitrogens with one attached hydrogen (secondary N) is 2. The first kappa shape index (κ1) is 14.9. The van der Waals surface area contributed by atoms with Crippen LogP contribution >= 0.6 is 0 Å². The summed E-state index contributed by atoms with van der Waals surface area (Å²) in [4.78, 5) is 8.80. The summed E-state index contributed by atoms with van der Waals surface area (Å²) < 4.78 is 0. The highest BCUT2D eigenvalue weighted by molar-refractivity contribution is 5.50. The maximum atomic E-state index is 5.86. The Morgan fingerprint density at radius 3 is 2.75 bits per heavy atom. The van der Waals surface area contributed by atoms with Gasteiger partial charge in [0.15, 0.2) is 0 Å². The molecule has 0 aromatic carbocycles. The number of nitrogens with zero attached hydrogens (tertiary/aromatic N) is 2. The Bertz CT molecular complexity index is 401. The summed E-state index contributed by atoms with van der Waals surface area (Å²) in [6.45, 7) is 3.14. The maximum absolute atomic E-state index is 5.86. The van der Waals surface area contributed by atoms with E-state index >= 15 is 0 Å². The Hall–Kier alpha value is -1.52. The van der Waals surface area contributed by atoms with Gasteiger partial charge in [-0.25, -0.2) is 0 Å². The molecule has 1 aliphatic rings. The van der Waals surface area contributed by atoms with Gasteiger partial charge in [-0.2, -0.15) is 9.97 Å². The minimum Gasteiger partial charge on any atom is -0.383 e. The topological polar surface area (TPSA) is 75.9 Å². The molecule has 1 fully saturated rings. The third-order valence-corrected chi connectivity index (χ3v) is 3.77. The number of unbranched alkanes of at least 4 members (excludes halogenated alkanes) is 2. The van der Waals surface area contributed by atoms with Crippen molar-refractivity contribution in [2.75, 3.05) is 22.9 Å². The lowest BCUT2D eigenvalue weighted by atomic mass is 9.96. The Balaban J connectivity index is 1.89. The van der Waals surface area contributed by atoms with Crippen molar-refractivity contribution in [1.82, 2.24) is 9.97 Å². The second kappa shape index (κ2) is 7.92. The van der Waals surface area contributed by atoms with E-state index in [1.54, 1.807) is 6.07 Å². The zero-order chi connectivity index (χ0) is 14.2. The molecule has 0 radical (unpaired) electrons. The lowest BCUT2D eigenvalue weighted by Crippen LogP contribution is -2.24. The first-order valence-electron chi connectivity index (χ1n) is 7.93. The quantitative estimate of drug-likeness (QED) is 0.666. The fourth-order valence-electron chi connectivity index (χ4n) is 2.64. The van der Waals surface area contributed by atoms with E-state index in [2.05, 4.69) is 27.5 Å². The number of hydrogen-bond donors (Lipinski definition) is 3. The summed E-state index contributed by atoms with van der Waals surface area (Å²) >= 11 is 0. The van der Waals surface area contributed by atoms with Gasteiger partial charge in [-0.3, -0.25) is 0 Å². The Kier molecular flexibility index (Phi) is 5.89. The van der Waals surface area contributed by atoms with E-state index in [9.17, 15) is 0 Å². The molecule has 112 valence electrons. The Morgan fingerprint density at radius 2 is 2.00 bits per heavy atom. The SMILES string of the molecule is CCCCCNc1cc(N)nc(NC2CCCCC2)n1. The number of nitrogens with two attached hydrogens (primary N) is 1. The molecule has 0 atom stereocenters. The average molecular weight is 277 g/mol. The van der Waals surface area contributed by atoms with Crippen molar-refractivity contribution in [3.63, 3.8) is 0 Å². The van der Waals surface area contributed by atoms with E-state index in [-0.39, 0.29) is 0 Å². The highest BCUT2D eigenvalue weighted by Gasteiger charge is 2.14. The van der Waals surface area contributed by atoms with E-state index < -0.39 is 0 Å². The molecule has 1 aromatic rings. The molecule has 0 saturated heterocycles. The van der Waals surface area contributed by atoms with Gasteiger partial charge in [-0.1, -0.05) is 39.0 Å². The van der Waals surface area contributed by atoms with Gasteiger partial charge in [0.2, 0.25) is 5.95 Å². The van der Waals surface area contributed by atoms with Crippen LogP contribution in [0.15, 0.2) is 6.07 Å². The molecule has 20 heavy (non-hydrogen) atoms. The summed E-state index contributed by atoms with van der Waals surface area (Å²) in [6, 6.07) is 2.30. The monoisotopic (exact) mass is 277 g/mol. The van der Waals surface area contributed by atoms with Gasteiger partial charge >= 0.3 is 0 Å². The molecule has 4 N–H and O–H groups in total. The number of aromatic nitrogens is 2. The molecule has 1 saturated carbocycles. The molecule has 1 heterocycles. The molecule has 0 amide bonds. The van der Waals surface area contributed by atoms with Crippen LogP contribution in [0, 0.1) is 0 Å². The van der Waals surface area contributed by atoms with E-state index in [1.165, 1.54) is 44.9 Å². The number of nitrogen functional groups attached to an aromatic ring is 1. The van der Waals surface area contributed by atoms with Crippen molar-refractivity contribution in [2.24, 2.45) is 0 Å². The average Bonchev–Trinajstić information content (AvgIpc) is 2.44. The molecule has 0 aliphatic heterocycles. The number of hydrogen-bond acceptors (Lipinski definition) is 5. The summed E-state index contributed by atoms with van der Waals surface area (Å²) in [5.41, 5.74) is 5.86.